The Bertz CT molecular complexity index is 334. The Morgan fingerprint density at radius 3 is 2.80 bits per heavy atom. The van der Waals surface area contributed by atoms with Crippen LogP contribution >= 0.6 is 0 Å². The Morgan fingerprint density at radius 1 is 1.33 bits per heavy atom. The third kappa shape index (κ3) is 3.44. The van der Waals surface area contributed by atoms with Gasteiger partial charge in [0.15, 0.2) is 0 Å². The average Bonchev–Trinajstić information content (AvgIpc) is 2.23. The molecule has 0 fully saturated rings. The lowest BCUT2D eigenvalue weighted by molar-refractivity contribution is 0.147. The second-order valence-corrected chi connectivity index (χ2v) is 3.33. The van der Waals surface area contributed by atoms with Crippen LogP contribution < -0.4 is 10.2 Å². The summed E-state index contributed by atoms with van der Waals surface area (Å²) in [6.45, 7) is 3.21. The zero-order valence-corrected chi connectivity index (χ0v) is 9.62. The van der Waals surface area contributed by atoms with Gasteiger partial charge in [0, 0.05) is 12.7 Å². The summed E-state index contributed by atoms with van der Waals surface area (Å²) >= 11 is 0. The average molecular weight is 204 g/mol. The number of rotatable bonds is 5. The van der Waals surface area contributed by atoms with Crippen LogP contribution in [0.5, 0.6) is 5.75 Å². The van der Waals surface area contributed by atoms with Crippen LogP contribution in [-0.4, -0.2) is 28.2 Å². The van der Waals surface area contributed by atoms with Crippen LogP contribution in [0.15, 0.2) is 24.3 Å². The minimum absolute atomic E-state index is 0.589. The highest BCUT2D eigenvalue weighted by Crippen LogP contribution is 2.16. The van der Waals surface area contributed by atoms with Crippen molar-refractivity contribution < 1.29 is 9.47 Å². The molecule has 0 saturated carbocycles. The first-order valence-corrected chi connectivity index (χ1v) is 5.13. The second-order valence-electron chi connectivity index (χ2n) is 3.33. The predicted molar refractivity (Wildman–Crippen MR) is 66.7 cm³/mol. The molecule has 1 aromatic rings. The molecule has 80 valence electrons. The number of methoxy groups -OCH3 is 1. The quantitative estimate of drug-likeness (QED) is 0.526. The molecule has 0 unspecified atom stereocenters. The van der Waals surface area contributed by atoms with Crippen molar-refractivity contribution in [2.75, 3.05) is 20.3 Å². The third-order valence-electron chi connectivity index (χ3n) is 2.12. The molecule has 0 saturated heterocycles. The van der Waals surface area contributed by atoms with Crippen LogP contribution in [0.25, 0.3) is 6.08 Å². The van der Waals surface area contributed by atoms with Crippen molar-refractivity contribution >= 4 is 19.4 Å². The number of para-hydroxylation sites is 1. The predicted octanol–water partition coefficient (Wildman–Crippen LogP) is 1.00. The molecule has 0 N–H and O–H groups in total. The molecule has 1 aromatic carbocycles. The molecule has 0 spiro atoms. The van der Waals surface area contributed by atoms with Gasteiger partial charge in [0.2, 0.25) is 0 Å². The van der Waals surface area contributed by atoms with Crippen LogP contribution in [0.2, 0.25) is 0 Å². The zero-order chi connectivity index (χ0) is 11.1. The smallest absolute Gasteiger partial charge is 0.144 e. The lowest BCUT2D eigenvalue weighted by Crippen LogP contribution is -2.13. The molecule has 0 aliphatic heterocycles. The lowest BCUT2D eigenvalue weighted by Gasteiger charge is -2.11. The van der Waals surface area contributed by atoms with E-state index in [1.54, 1.807) is 7.11 Å². The first-order chi connectivity index (χ1) is 7.29. The summed E-state index contributed by atoms with van der Waals surface area (Å²) in [5, 5.41) is 0. The third-order valence-corrected chi connectivity index (χ3v) is 2.12. The van der Waals surface area contributed by atoms with E-state index in [9.17, 15) is 0 Å². The monoisotopic (exact) mass is 204 g/mol. The van der Waals surface area contributed by atoms with E-state index in [0.717, 1.165) is 16.8 Å². The summed E-state index contributed by atoms with van der Waals surface area (Å²) in [7, 11) is 3.73. The van der Waals surface area contributed by atoms with Gasteiger partial charge in [-0.15, -0.1) is 0 Å². The Kier molecular flexibility index (Phi) is 4.98. The van der Waals surface area contributed by atoms with E-state index in [1.807, 2.05) is 19.1 Å². The molecule has 0 heterocycles. The molecule has 2 nitrogen and oxygen atoms in total. The lowest BCUT2D eigenvalue weighted by atomic mass is 9.92. The van der Waals surface area contributed by atoms with Crippen molar-refractivity contribution in [1.82, 2.24) is 0 Å². The maximum absolute atomic E-state index is 5.68. The summed E-state index contributed by atoms with van der Waals surface area (Å²) < 4.78 is 10.6. The second kappa shape index (κ2) is 6.30. The summed E-state index contributed by atoms with van der Waals surface area (Å²) in [5.74, 6) is 0.952. The standard InChI is InChI=1S/C12H17BO2/c1-3-5-10-6-4-7-11(13)12(10)15-9-8-14-2/h3-7H,8-9,13H2,1-2H3/b5-3-. The number of allylic oxidation sites excluding steroid dienone is 1. The van der Waals surface area contributed by atoms with Gasteiger partial charge in [-0.25, -0.2) is 0 Å². The Morgan fingerprint density at radius 2 is 2.13 bits per heavy atom. The Labute approximate surface area is 92.3 Å². The van der Waals surface area contributed by atoms with Gasteiger partial charge in [0.05, 0.1) is 6.61 Å². The number of benzene rings is 1. The first kappa shape index (κ1) is 11.9. The van der Waals surface area contributed by atoms with Crippen molar-refractivity contribution in [1.29, 1.82) is 0 Å². The van der Waals surface area contributed by atoms with Crippen LogP contribution in [-0.2, 0) is 4.74 Å². The molecule has 0 aliphatic carbocycles. The molecule has 0 amide bonds. The molecule has 0 bridgehead atoms. The minimum Gasteiger partial charge on any atom is -0.491 e. The van der Waals surface area contributed by atoms with Crippen LogP contribution in [0.4, 0.5) is 0 Å². The fourth-order valence-corrected chi connectivity index (χ4v) is 1.41. The van der Waals surface area contributed by atoms with Crippen molar-refractivity contribution in [3.63, 3.8) is 0 Å². The van der Waals surface area contributed by atoms with Crippen molar-refractivity contribution in [2.24, 2.45) is 0 Å². The molecule has 3 heteroatoms. The normalized spacial score (nSPS) is 10.8. The summed E-state index contributed by atoms with van der Waals surface area (Å²) in [5.41, 5.74) is 2.27. The van der Waals surface area contributed by atoms with Gasteiger partial charge in [-0.05, 0) is 12.4 Å². The van der Waals surface area contributed by atoms with Crippen LogP contribution in [0.1, 0.15) is 12.5 Å². The SMILES string of the molecule is Bc1cccc(/C=C\C)c1OCCOC. The van der Waals surface area contributed by atoms with Gasteiger partial charge >= 0.3 is 0 Å². The molecule has 1 rings (SSSR count). The Balaban J connectivity index is 2.82. The van der Waals surface area contributed by atoms with Gasteiger partial charge in [-0.1, -0.05) is 30.4 Å². The topological polar surface area (TPSA) is 18.5 Å². The van der Waals surface area contributed by atoms with Crippen LogP contribution in [0, 0.1) is 0 Å². The molecular weight excluding hydrogens is 187 g/mol. The van der Waals surface area contributed by atoms with Crippen molar-refractivity contribution in [3.8, 4) is 5.75 Å². The Hall–Kier alpha value is -1.22. The van der Waals surface area contributed by atoms with Gasteiger partial charge in [-0.3, -0.25) is 0 Å². The minimum atomic E-state index is 0.589. The highest BCUT2D eigenvalue weighted by Gasteiger charge is 2.03. The number of hydrogen-bond donors (Lipinski definition) is 0. The van der Waals surface area contributed by atoms with Gasteiger partial charge < -0.3 is 9.47 Å². The first-order valence-electron chi connectivity index (χ1n) is 5.13. The highest BCUT2D eigenvalue weighted by molar-refractivity contribution is 6.34. The molecule has 0 aromatic heterocycles. The van der Waals surface area contributed by atoms with E-state index in [-0.39, 0.29) is 0 Å². The van der Waals surface area contributed by atoms with Crippen LogP contribution in [0.3, 0.4) is 0 Å². The molecule has 0 aliphatic rings. The number of ether oxygens (including phenoxy) is 2. The van der Waals surface area contributed by atoms with Gasteiger partial charge in [0.1, 0.15) is 20.2 Å². The summed E-state index contributed by atoms with van der Waals surface area (Å²) in [4.78, 5) is 0. The van der Waals surface area contributed by atoms with E-state index in [2.05, 4.69) is 26.1 Å². The molecule has 0 atom stereocenters. The molecular formula is C12H17BO2. The largest absolute Gasteiger partial charge is 0.491 e. The summed E-state index contributed by atoms with van der Waals surface area (Å²) in [6, 6.07) is 6.14. The maximum Gasteiger partial charge on any atom is 0.144 e. The van der Waals surface area contributed by atoms with Crippen molar-refractivity contribution in [3.05, 3.63) is 29.8 Å². The van der Waals surface area contributed by atoms with E-state index in [4.69, 9.17) is 9.47 Å². The summed E-state index contributed by atoms with van der Waals surface area (Å²) in [6.07, 6.45) is 4.06. The maximum atomic E-state index is 5.68. The van der Waals surface area contributed by atoms with E-state index in [0.29, 0.717) is 13.2 Å². The number of hydrogen-bond acceptors (Lipinski definition) is 2. The van der Waals surface area contributed by atoms with E-state index >= 15 is 0 Å². The van der Waals surface area contributed by atoms with Gasteiger partial charge in [-0.2, -0.15) is 0 Å². The van der Waals surface area contributed by atoms with E-state index < -0.39 is 0 Å². The fraction of sp³-hybridized carbons (Fsp3) is 0.333. The van der Waals surface area contributed by atoms with Gasteiger partial charge in [0.25, 0.3) is 0 Å². The zero-order valence-electron chi connectivity index (χ0n) is 9.62. The molecule has 15 heavy (non-hydrogen) atoms. The highest BCUT2D eigenvalue weighted by atomic mass is 16.5. The fourth-order valence-electron chi connectivity index (χ4n) is 1.41. The van der Waals surface area contributed by atoms with Crippen molar-refractivity contribution in [2.45, 2.75) is 6.92 Å². The van der Waals surface area contributed by atoms with E-state index in [1.165, 1.54) is 0 Å². The molecule has 0 radical (unpaired) electrons.